The Labute approximate surface area is 155 Å². The second-order valence-electron chi connectivity index (χ2n) is 6.65. The lowest BCUT2D eigenvalue weighted by Crippen LogP contribution is -2.09. The molecule has 27 heavy (non-hydrogen) atoms. The topological polar surface area (TPSA) is 54.4 Å². The second-order valence-corrected chi connectivity index (χ2v) is 6.65. The Kier molecular flexibility index (Phi) is 3.25. The van der Waals surface area contributed by atoms with Gasteiger partial charge in [0, 0.05) is 11.1 Å². The van der Waals surface area contributed by atoms with Crippen LogP contribution in [0, 0.1) is 0 Å². The van der Waals surface area contributed by atoms with E-state index in [1.54, 1.807) is 24.3 Å². The summed E-state index contributed by atoms with van der Waals surface area (Å²) < 4.78 is 0. The summed E-state index contributed by atoms with van der Waals surface area (Å²) in [5.74, 6) is -1.38. The van der Waals surface area contributed by atoms with Gasteiger partial charge in [-0.3, -0.25) is 4.79 Å². The molecule has 1 N–H and O–H groups in total. The number of ketones is 1. The summed E-state index contributed by atoms with van der Waals surface area (Å²) in [7, 11) is 0. The quantitative estimate of drug-likeness (QED) is 0.442. The van der Waals surface area contributed by atoms with Gasteiger partial charge >= 0.3 is 5.97 Å². The smallest absolute Gasteiger partial charge is 0.336 e. The number of carboxylic acid groups (broad SMARTS) is 1. The van der Waals surface area contributed by atoms with Gasteiger partial charge in [-0.05, 0) is 45.2 Å². The van der Waals surface area contributed by atoms with Gasteiger partial charge < -0.3 is 5.11 Å². The van der Waals surface area contributed by atoms with Gasteiger partial charge in [0.05, 0.1) is 5.56 Å². The first-order chi connectivity index (χ1) is 13.1. The lowest BCUT2D eigenvalue weighted by Gasteiger charge is -2.08. The van der Waals surface area contributed by atoms with E-state index in [0.717, 1.165) is 16.7 Å². The van der Waals surface area contributed by atoms with Gasteiger partial charge in [0.2, 0.25) is 0 Å². The summed E-state index contributed by atoms with van der Waals surface area (Å²) >= 11 is 0. The number of hydrogen-bond acceptors (Lipinski definition) is 2. The van der Waals surface area contributed by atoms with Crippen molar-refractivity contribution >= 4 is 22.5 Å². The molecular formula is C24H14O3. The largest absolute Gasteiger partial charge is 0.478 e. The van der Waals surface area contributed by atoms with Gasteiger partial charge in [-0.25, -0.2) is 4.79 Å². The molecule has 0 unspecified atom stereocenters. The zero-order valence-corrected chi connectivity index (χ0v) is 14.3. The normalized spacial score (nSPS) is 11.4. The SMILES string of the molecule is O=C(O)c1ccccc1C(=O)c1ccc2c(c1)-c1cccc3cccc-2c13. The Morgan fingerprint density at radius 1 is 0.630 bits per heavy atom. The average molecular weight is 350 g/mol. The zero-order valence-electron chi connectivity index (χ0n) is 14.3. The van der Waals surface area contributed by atoms with Crippen molar-refractivity contribution in [2.24, 2.45) is 0 Å². The molecule has 3 heteroatoms. The van der Waals surface area contributed by atoms with Crippen molar-refractivity contribution in [1.29, 1.82) is 0 Å². The van der Waals surface area contributed by atoms with Crippen LogP contribution in [0.3, 0.4) is 0 Å². The summed E-state index contributed by atoms with van der Waals surface area (Å²) in [6.45, 7) is 0. The fourth-order valence-electron chi connectivity index (χ4n) is 3.96. The number of carbonyl (C=O) groups is 2. The summed E-state index contributed by atoms with van der Waals surface area (Å²) in [4.78, 5) is 24.5. The third-order valence-corrected chi connectivity index (χ3v) is 5.17. The Hall–Kier alpha value is -3.72. The van der Waals surface area contributed by atoms with Gasteiger partial charge in [-0.1, -0.05) is 66.7 Å². The van der Waals surface area contributed by atoms with Crippen molar-refractivity contribution in [2.45, 2.75) is 0 Å². The van der Waals surface area contributed by atoms with Crippen molar-refractivity contribution in [3.8, 4) is 22.3 Å². The molecule has 0 spiro atoms. The molecule has 0 fully saturated rings. The van der Waals surface area contributed by atoms with Crippen LogP contribution in [0.2, 0.25) is 0 Å². The van der Waals surface area contributed by atoms with Gasteiger partial charge in [0.15, 0.2) is 5.78 Å². The number of fused-ring (bicyclic) bond motifs is 3. The fourth-order valence-corrected chi connectivity index (χ4v) is 3.96. The molecule has 3 nitrogen and oxygen atoms in total. The Bertz CT molecular complexity index is 1260. The molecule has 128 valence electrons. The summed E-state index contributed by atoms with van der Waals surface area (Å²) in [6, 6.07) is 24.3. The van der Waals surface area contributed by atoms with Crippen LogP contribution >= 0.6 is 0 Å². The number of carbonyl (C=O) groups excluding carboxylic acids is 1. The fraction of sp³-hybridized carbons (Fsp3) is 0. The molecule has 1 aliphatic carbocycles. The third kappa shape index (κ3) is 2.22. The van der Waals surface area contributed by atoms with E-state index in [1.807, 2.05) is 24.3 Å². The van der Waals surface area contributed by atoms with E-state index < -0.39 is 5.97 Å². The highest BCUT2D eigenvalue weighted by atomic mass is 16.4. The van der Waals surface area contributed by atoms with E-state index in [-0.39, 0.29) is 16.9 Å². The lowest BCUT2D eigenvalue weighted by atomic mass is 9.94. The zero-order chi connectivity index (χ0) is 18.5. The van der Waals surface area contributed by atoms with Crippen LogP contribution in [0.15, 0.2) is 78.9 Å². The summed E-state index contributed by atoms with van der Waals surface area (Å²) in [5, 5.41) is 11.8. The Balaban J connectivity index is 1.69. The molecule has 0 saturated heterocycles. The summed E-state index contributed by atoms with van der Waals surface area (Å²) in [6.07, 6.45) is 0. The standard InChI is InChI=1S/C24H14O3/c25-23(19-7-1-2-8-20(19)24(26)27)15-11-12-16-17-9-3-5-14-6-4-10-18(22(14)17)21(16)13-15/h1-13H,(H,26,27). The maximum atomic E-state index is 13.0. The van der Waals surface area contributed by atoms with E-state index in [4.69, 9.17) is 0 Å². The molecule has 0 aromatic heterocycles. The highest BCUT2D eigenvalue weighted by Crippen LogP contribution is 2.47. The van der Waals surface area contributed by atoms with Crippen LogP contribution in [-0.4, -0.2) is 16.9 Å². The van der Waals surface area contributed by atoms with Crippen molar-refractivity contribution in [3.63, 3.8) is 0 Å². The van der Waals surface area contributed by atoms with Crippen LogP contribution in [0.25, 0.3) is 33.0 Å². The molecule has 4 aromatic carbocycles. The van der Waals surface area contributed by atoms with E-state index in [9.17, 15) is 14.7 Å². The number of rotatable bonds is 3. The molecule has 0 amide bonds. The minimum absolute atomic E-state index is 0.0217. The molecule has 0 aliphatic heterocycles. The van der Waals surface area contributed by atoms with Crippen molar-refractivity contribution in [2.75, 3.05) is 0 Å². The number of benzene rings is 4. The van der Waals surface area contributed by atoms with Crippen molar-refractivity contribution in [3.05, 3.63) is 95.6 Å². The molecule has 0 heterocycles. The van der Waals surface area contributed by atoms with E-state index >= 15 is 0 Å². The average Bonchev–Trinajstić information content (AvgIpc) is 3.03. The van der Waals surface area contributed by atoms with Crippen LogP contribution < -0.4 is 0 Å². The molecule has 0 atom stereocenters. The lowest BCUT2D eigenvalue weighted by molar-refractivity contribution is 0.0693. The summed E-state index contributed by atoms with van der Waals surface area (Å²) in [5.41, 5.74) is 5.12. The third-order valence-electron chi connectivity index (χ3n) is 5.17. The number of aromatic carboxylic acids is 1. The predicted molar refractivity (Wildman–Crippen MR) is 105 cm³/mol. The molecule has 4 aromatic rings. The maximum Gasteiger partial charge on any atom is 0.336 e. The van der Waals surface area contributed by atoms with Crippen LogP contribution in [0.5, 0.6) is 0 Å². The van der Waals surface area contributed by atoms with Gasteiger partial charge in [-0.2, -0.15) is 0 Å². The maximum absolute atomic E-state index is 13.0. The van der Waals surface area contributed by atoms with Crippen LogP contribution in [0.1, 0.15) is 26.3 Å². The molecule has 0 radical (unpaired) electrons. The minimum atomic E-state index is -1.10. The Morgan fingerprint density at radius 2 is 1.30 bits per heavy atom. The van der Waals surface area contributed by atoms with Crippen LogP contribution in [0.4, 0.5) is 0 Å². The predicted octanol–water partition coefficient (Wildman–Crippen LogP) is 5.42. The second kappa shape index (κ2) is 5.64. The van der Waals surface area contributed by atoms with Gasteiger partial charge in [0.1, 0.15) is 0 Å². The molecule has 1 aliphatic rings. The first-order valence-corrected chi connectivity index (χ1v) is 8.69. The Morgan fingerprint density at radius 3 is 2.00 bits per heavy atom. The molecular weight excluding hydrogens is 336 g/mol. The molecule has 5 rings (SSSR count). The van der Waals surface area contributed by atoms with E-state index in [2.05, 4.69) is 24.3 Å². The van der Waals surface area contributed by atoms with Gasteiger partial charge in [0.25, 0.3) is 0 Å². The number of hydrogen-bond donors (Lipinski definition) is 1. The molecule has 0 bridgehead atoms. The monoisotopic (exact) mass is 350 g/mol. The first-order valence-electron chi connectivity index (χ1n) is 8.69. The van der Waals surface area contributed by atoms with Gasteiger partial charge in [-0.15, -0.1) is 0 Å². The minimum Gasteiger partial charge on any atom is -0.478 e. The van der Waals surface area contributed by atoms with E-state index in [1.165, 1.54) is 22.4 Å². The number of carboxylic acids is 1. The highest BCUT2D eigenvalue weighted by molar-refractivity contribution is 6.18. The van der Waals surface area contributed by atoms with Crippen LogP contribution in [-0.2, 0) is 0 Å². The van der Waals surface area contributed by atoms with Crippen molar-refractivity contribution in [1.82, 2.24) is 0 Å². The highest BCUT2D eigenvalue weighted by Gasteiger charge is 2.23. The van der Waals surface area contributed by atoms with Crippen molar-refractivity contribution < 1.29 is 14.7 Å². The first kappa shape index (κ1) is 15.5. The molecule has 0 saturated carbocycles. The van der Waals surface area contributed by atoms with E-state index in [0.29, 0.717) is 5.56 Å².